The molecule has 1 aliphatic rings. The van der Waals surface area contributed by atoms with Gasteiger partial charge in [-0.2, -0.15) is 0 Å². The number of ether oxygens (including phenoxy) is 2. The zero-order valence-electron chi connectivity index (χ0n) is 16.3. The molecular weight excluding hydrogens is 358 g/mol. The van der Waals surface area contributed by atoms with E-state index in [-0.39, 0.29) is 0 Å². The number of hydrogen-bond donors (Lipinski definition) is 3. The predicted molar refractivity (Wildman–Crippen MR) is 114 cm³/mol. The Labute approximate surface area is 165 Å². The lowest BCUT2D eigenvalue weighted by Crippen LogP contribution is -2.41. The highest BCUT2D eigenvalue weighted by Gasteiger charge is 2.27. The van der Waals surface area contributed by atoms with Crippen molar-refractivity contribution in [2.45, 2.75) is 33.3 Å². The van der Waals surface area contributed by atoms with Gasteiger partial charge in [-0.15, -0.1) is 0 Å². The highest BCUT2D eigenvalue weighted by molar-refractivity contribution is 7.80. The molecule has 0 radical (unpaired) electrons. The van der Waals surface area contributed by atoms with E-state index >= 15 is 0 Å². The predicted octanol–water partition coefficient (Wildman–Crippen LogP) is 4.32. The number of thiocarbonyl (C=S) groups is 1. The Hall–Kier alpha value is -2.73. The Kier molecular flexibility index (Phi) is 5.28. The summed E-state index contributed by atoms with van der Waals surface area (Å²) in [5.74, 6) is 1.56. The Morgan fingerprint density at radius 2 is 1.81 bits per heavy atom. The van der Waals surface area contributed by atoms with E-state index in [2.05, 4.69) is 42.1 Å². The fraction of sp³-hybridized carbons (Fsp3) is 0.286. The van der Waals surface area contributed by atoms with Crippen LogP contribution in [-0.2, 0) is 0 Å². The summed E-state index contributed by atoms with van der Waals surface area (Å²) in [6.07, 6.45) is 2.02. The van der Waals surface area contributed by atoms with Crippen LogP contribution < -0.4 is 25.6 Å². The van der Waals surface area contributed by atoms with Gasteiger partial charge in [0, 0.05) is 11.3 Å². The van der Waals surface area contributed by atoms with E-state index in [0.717, 1.165) is 39.6 Å². The van der Waals surface area contributed by atoms with Crippen molar-refractivity contribution in [3.8, 4) is 11.5 Å². The van der Waals surface area contributed by atoms with Crippen molar-refractivity contribution in [2.24, 2.45) is 0 Å². The molecule has 6 heteroatoms. The summed E-state index contributed by atoms with van der Waals surface area (Å²) < 4.78 is 11.4. The first-order valence-corrected chi connectivity index (χ1v) is 9.19. The lowest BCUT2D eigenvalue weighted by Gasteiger charge is -2.31. The molecule has 0 saturated carbocycles. The third kappa shape index (κ3) is 4.34. The molecule has 0 unspecified atom stereocenters. The van der Waals surface area contributed by atoms with Gasteiger partial charge in [0.25, 0.3) is 0 Å². The zero-order valence-corrected chi connectivity index (χ0v) is 17.1. The molecule has 1 aliphatic heterocycles. The molecule has 0 spiro atoms. The van der Waals surface area contributed by atoms with Crippen LogP contribution in [0.25, 0.3) is 5.70 Å². The smallest absolute Gasteiger partial charge is 0.189 e. The first kappa shape index (κ1) is 19.0. The van der Waals surface area contributed by atoms with Crippen LogP contribution in [0.15, 0.2) is 42.5 Å². The molecule has 0 fully saturated rings. The molecule has 0 aromatic heterocycles. The molecule has 0 aliphatic carbocycles. The van der Waals surface area contributed by atoms with Gasteiger partial charge in [-0.25, -0.2) is 0 Å². The number of aryl methyl sites for hydroxylation is 2. The van der Waals surface area contributed by atoms with Crippen molar-refractivity contribution in [3.63, 3.8) is 0 Å². The number of anilines is 1. The largest absolute Gasteiger partial charge is 0.497 e. The lowest BCUT2D eigenvalue weighted by atomic mass is 9.99. The standard InChI is InChI=1S/C21H25N3O2S/c1-13-7-6-8-14(2)19(13)22-20(27)24-23-17-12-21(3,4)26-18-10-9-15(25-5)11-16(17)18/h6-12,23H,1-5H3,(H2,22,24,27). The van der Waals surface area contributed by atoms with E-state index in [1.54, 1.807) is 7.11 Å². The van der Waals surface area contributed by atoms with Crippen LogP contribution in [-0.4, -0.2) is 17.8 Å². The molecule has 27 heavy (non-hydrogen) atoms. The molecule has 2 aromatic rings. The molecule has 0 atom stereocenters. The van der Waals surface area contributed by atoms with Gasteiger partial charge in [-0.3, -0.25) is 10.9 Å². The first-order valence-electron chi connectivity index (χ1n) is 8.78. The van der Waals surface area contributed by atoms with E-state index in [1.165, 1.54) is 0 Å². The van der Waals surface area contributed by atoms with Crippen molar-refractivity contribution >= 4 is 28.7 Å². The summed E-state index contributed by atoms with van der Waals surface area (Å²) in [4.78, 5) is 0. The first-order chi connectivity index (χ1) is 12.8. The molecule has 5 nitrogen and oxygen atoms in total. The van der Waals surface area contributed by atoms with Crippen LogP contribution in [0, 0.1) is 13.8 Å². The van der Waals surface area contributed by atoms with Crippen molar-refractivity contribution in [2.75, 3.05) is 12.4 Å². The maximum atomic E-state index is 6.03. The average molecular weight is 384 g/mol. The summed E-state index contributed by atoms with van der Waals surface area (Å²) >= 11 is 5.46. The van der Waals surface area contributed by atoms with Gasteiger partial charge in [0.15, 0.2) is 5.11 Å². The maximum Gasteiger partial charge on any atom is 0.189 e. The Balaban J connectivity index is 1.77. The number of hydrogen-bond acceptors (Lipinski definition) is 4. The fourth-order valence-electron chi connectivity index (χ4n) is 3.06. The summed E-state index contributed by atoms with van der Waals surface area (Å²) in [5, 5.41) is 3.75. The quantitative estimate of drug-likeness (QED) is 0.540. The van der Waals surface area contributed by atoms with Gasteiger partial charge in [0.1, 0.15) is 17.1 Å². The topological polar surface area (TPSA) is 54.5 Å². The van der Waals surface area contributed by atoms with Gasteiger partial charge < -0.3 is 14.8 Å². The fourth-order valence-corrected chi connectivity index (χ4v) is 3.21. The second-order valence-electron chi connectivity index (χ2n) is 7.10. The van der Waals surface area contributed by atoms with Crippen molar-refractivity contribution < 1.29 is 9.47 Å². The van der Waals surface area contributed by atoms with Gasteiger partial charge in [-0.05, 0) is 75.3 Å². The summed E-state index contributed by atoms with van der Waals surface area (Å²) in [6.45, 7) is 8.12. The van der Waals surface area contributed by atoms with Crippen molar-refractivity contribution in [1.29, 1.82) is 0 Å². The molecule has 0 bridgehead atoms. The second kappa shape index (κ2) is 7.48. The van der Waals surface area contributed by atoms with E-state index < -0.39 is 5.60 Å². The molecule has 3 N–H and O–H groups in total. The van der Waals surface area contributed by atoms with Gasteiger partial charge in [0.05, 0.1) is 12.8 Å². The summed E-state index contributed by atoms with van der Waals surface area (Å²) in [5.41, 5.74) is 10.9. The zero-order chi connectivity index (χ0) is 19.6. The van der Waals surface area contributed by atoms with Crippen LogP contribution in [0.1, 0.15) is 30.5 Å². The van der Waals surface area contributed by atoms with Gasteiger partial charge in [0.2, 0.25) is 0 Å². The normalized spacial score (nSPS) is 14.3. The molecule has 2 aromatic carbocycles. The molecule has 142 valence electrons. The molecule has 0 saturated heterocycles. The Morgan fingerprint density at radius 1 is 1.11 bits per heavy atom. The second-order valence-corrected chi connectivity index (χ2v) is 7.50. The number of fused-ring (bicyclic) bond motifs is 1. The molecular formula is C21H25N3O2S. The highest BCUT2D eigenvalue weighted by atomic mass is 32.1. The van der Waals surface area contributed by atoms with Crippen molar-refractivity contribution in [3.05, 3.63) is 59.2 Å². The van der Waals surface area contributed by atoms with Crippen LogP contribution in [0.4, 0.5) is 5.69 Å². The Bertz CT molecular complexity index is 886. The van der Waals surface area contributed by atoms with Crippen LogP contribution in [0.2, 0.25) is 0 Å². The molecule has 3 rings (SSSR count). The van der Waals surface area contributed by atoms with Crippen LogP contribution in [0.3, 0.4) is 0 Å². The number of nitrogens with one attached hydrogen (secondary N) is 3. The number of benzene rings is 2. The minimum atomic E-state index is -0.437. The number of hydrazine groups is 1. The molecule has 1 heterocycles. The number of methoxy groups -OCH3 is 1. The highest BCUT2D eigenvalue weighted by Crippen LogP contribution is 2.36. The van der Waals surface area contributed by atoms with E-state index in [0.29, 0.717) is 5.11 Å². The minimum Gasteiger partial charge on any atom is -0.497 e. The average Bonchev–Trinajstić information content (AvgIpc) is 2.61. The third-order valence-electron chi connectivity index (χ3n) is 4.37. The van der Waals surface area contributed by atoms with E-state index in [9.17, 15) is 0 Å². The summed E-state index contributed by atoms with van der Waals surface area (Å²) in [6, 6.07) is 11.9. The van der Waals surface area contributed by atoms with Crippen LogP contribution in [0.5, 0.6) is 11.5 Å². The third-order valence-corrected chi connectivity index (χ3v) is 4.58. The van der Waals surface area contributed by atoms with Gasteiger partial charge >= 0.3 is 0 Å². The lowest BCUT2D eigenvalue weighted by molar-refractivity contribution is 0.157. The summed E-state index contributed by atoms with van der Waals surface area (Å²) in [7, 11) is 1.65. The Morgan fingerprint density at radius 3 is 2.48 bits per heavy atom. The number of rotatable bonds is 4. The van der Waals surface area contributed by atoms with Gasteiger partial charge in [-0.1, -0.05) is 18.2 Å². The van der Waals surface area contributed by atoms with Crippen molar-refractivity contribution in [1.82, 2.24) is 10.9 Å². The van der Waals surface area contributed by atoms with E-state index in [1.807, 2.05) is 44.2 Å². The SMILES string of the molecule is COc1ccc2c(c1)C(NNC(=S)Nc1c(C)cccc1C)=CC(C)(C)O2. The maximum absolute atomic E-state index is 6.03. The monoisotopic (exact) mass is 383 g/mol. The number of para-hydroxylation sites is 1. The van der Waals surface area contributed by atoms with E-state index in [4.69, 9.17) is 21.7 Å². The van der Waals surface area contributed by atoms with Crippen LogP contribution >= 0.6 is 12.2 Å². The molecule has 0 amide bonds. The minimum absolute atomic E-state index is 0.437.